The number of carbonyl (C=O) groups excluding carboxylic acids is 1. The Labute approximate surface area is 157 Å². The predicted molar refractivity (Wildman–Crippen MR) is 106 cm³/mol. The molecule has 1 N–H and O–H groups in total. The third-order valence-corrected chi connectivity index (χ3v) is 4.07. The molecule has 3 rings (SSSR count). The minimum Gasteiger partial charge on any atom is -0.497 e. The number of nitrogens with one attached hydrogen (secondary N) is 1. The molecule has 0 atom stereocenters. The van der Waals surface area contributed by atoms with Crippen molar-refractivity contribution in [2.75, 3.05) is 26.6 Å². The molecule has 3 aromatic rings. The van der Waals surface area contributed by atoms with Crippen molar-refractivity contribution < 1.29 is 19.0 Å². The van der Waals surface area contributed by atoms with Gasteiger partial charge in [-0.1, -0.05) is 0 Å². The maximum Gasteiger partial charge on any atom is 0.248 e. The zero-order valence-electron chi connectivity index (χ0n) is 15.4. The molecule has 0 aliphatic heterocycles. The average molecular weight is 364 g/mol. The zero-order chi connectivity index (χ0) is 19.2. The van der Waals surface area contributed by atoms with E-state index >= 15 is 0 Å². The number of anilines is 1. The van der Waals surface area contributed by atoms with E-state index in [1.165, 1.54) is 6.08 Å². The summed E-state index contributed by atoms with van der Waals surface area (Å²) in [5.74, 6) is 1.70. The van der Waals surface area contributed by atoms with E-state index < -0.39 is 0 Å². The Hall–Kier alpha value is -3.54. The first kappa shape index (κ1) is 18.3. The number of carbonyl (C=O) groups is 1. The summed E-state index contributed by atoms with van der Waals surface area (Å²) in [6, 6.07) is 12.7. The summed E-state index contributed by atoms with van der Waals surface area (Å²) in [5, 5.41) is 3.69. The largest absolute Gasteiger partial charge is 0.497 e. The summed E-state index contributed by atoms with van der Waals surface area (Å²) in [6.45, 7) is 0. The molecule has 0 unspecified atom stereocenters. The number of hydrogen-bond acceptors (Lipinski definition) is 5. The molecule has 0 aliphatic carbocycles. The second-order valence-electron chi connectivity index (χ2n) is 5.65. The molecule has 1 heterocycles. The summed E-state index contributed by atoms with van der Waals surface area (Å²) >= 11 is 0. The fraction of sp³-hybridized carbons (Fsp3) is 0.143. The van der Waals surface area contributed by atoms with E-state index in [2.05, 4.69) is 10.3 Å². The van der Waals surface area contributed by atoms with Gasteiger partial charge in [-0.25, -0.2) is 0 Å². The number of nitrogens with zero attached hydrogens (tertiary/aromatic N) is 1. The van der Waals surface area contributed by atoms with Gasteiger partial charge in [0.15, 0.2) is 0 Å². The molecule has 1 aromatic heterocycles. The Kier molecular flexibility index (Phi) is 5.56. The molecule has 0 fully saturated rings. The lowest BCUT2D eigenvalue weighted by atomic mass is 10.1. The quantitative estimate of drug-likeness (QED) is 0.672. The number of methoxy groups -OCH3 is 3. The van der Waals surface area contributed by atoms with Crippen molar-refractivity contribution in [2.45, 2.75) is 0 Å². The van der Waals surface area contributed by atoms with Crippen molar-refractivity contribution in [1.82, 2.24) is 4.98 Å². The molecule has 0 radical (unpaired) electrons. The van der Waals surface area contributed by atoms with Gasteiger partial charge in [0, 0.05) is 29.3 Å². The van der Waals surface area contributed by atoms with Crippen LogP contribution < -0.4 is 19.5 Å². The summed E-state index contributed by atoms with van der Waals surface area (Å²) in [5.41, 5.74) is 2.13. The molecular weight excluding hydrogens is 344 g/mol. The second kappa shape index (κ2) is 8.23. The van der Waals surface area contributed by atoms with Gasteiger partial charge in [0.2, 0.25) is 5.91 Å². The van der Waals surface area contributed by atoms with E-state index in [0.29, 0.717) is 28.5 Å². The minimum absolute atomic E-state index is 0.261. The van der Waals surface area contributed by atoms with Crippen molar-refractivity contribution in [3.8, 4) is 17.2 Å². The summed E-state index contributed by atoms with van der Waals surface area (Å²) in [6.07, 6.45) is 4.83. The Morgan fingerprint density at radius 2 is 1.81 bits per heavy atom. The van der Waals surface area contributed by atoms with Gasteiger partial charge in [-0.05, 0) is 42.5 Å². The molecule has 0 saturated heterocycles. The fourth-order valence-corrected chi connectivity index (χ4v) is 2.72. The van der Waals surface area contributed by atoms with E-state index in [0.717, 1.165) is 10.9 Å². The molecule has 0 spiro atoms. The zero-order valence-corrected chi connectivity index (χ0v) is 15.4. The molecule has 6 heteroatoms. The smallest absolute Gasteiger partial charge is 0.248 e. The molecule has 1 amide bonds. The summed E-state index contributed by atoms with van der Waals surface area (Å²) < 4.78 is 15.8. The highest BCUT2D eigenvalue weighted by molar-refractivity contribution is 6.08. The third-order valence-electron chi connectivity index (χ3n) is 4.07. The van der Waals surface area contributed by atoms with E-state index in [9.17, 15) is 4.79 Å². The van der Waals surface area contributed by atoms with Crippen LogP contribution in [0.5, 0.6) is 17.2 Å². The van der Waals surface area contributed by atoms with Gasteiger partial charge in [0.1, 0.15) is 22.8 Å². The van der Waals surface area contributed by atoms with E-state index in [4.69, 9.17) is 14.2 Å². The fourth-order valence-electron chi connectivity index (χ4n) is 2.72. The Morgan fingerprint density at radius 3 is 2.56 bits per heavy atom. The Morgan fingerprint density at radius 1 is 1.00 bits per heavy atom. The highest BCUT2D eigenvalue weighted by Crippen LogP contribution is 2.30. The van der Waals surface area contributed by atoms with Crippen molar-refractivity contribution in [3.05, 3.63) is 60.3 Å². The van der Waals surface area contributed by atoms with Crippen LogP contribution in [0.4, 0.5) is 5.69 Å². The van der Waals surface area contributed by atoms with Crippen molar-refractivity contribution in [1.29, 1.82) is 0 Å². The first-order valence-corrected chi connectivity index (χ1v) is 8.29. The topological polar surface area (TPSA) is 69.7 Å². The van der Waals surface area contributed by atoms with Crippen LogP contribution in [-0.2, 0) is 4.79 Å². The number of ether oxygens (including phenoxy) is 3. The first-order valence-electron chi connectivity index (χ1n) is 8.29. The van der Waals surface area contributed by atoms with Crippen LogP contribution in [0, 0.1) is 0 Å². The number of aromatic nitrogens is 1. The number of rotatable bonds is 6. The molecule has 0 bridgehead atoms. The number of hydrogen-bond donors (Lipinski definition) is 1. The monoisotopic (exact) mass is 364 g/mol. The van der Waals surface area contributed by atoms with Gasteiger partial charge in [0.05, 0.1) is 27.0 Å². The highest BCUT2D eigenvalue weighted by Gasteiger charge is 2.09. The molecule has 0 saturated carbocycles. The van der Waals surface area contributed by atoms with Gasteiger partial charge in [-0.3, -0.25) is 9.78 Å². The van der Waals surface area contributed by atoms with Crippen LogP contribution >= 0.6 is 0 Å². The molecule has 6 nitrogen and oxygen atoms in total. The maximum atomic E-state index is 12.4. The lowest BCUT2D eigenvalue weighted by molar-refractivity contribution is -0.111. The molecule has 2 aromatic carbocycles. The lowest BCUT2D eigenvalue weighted by Gasteiger charge is -2.10. The van der Waals surface area contributed by atoms with Crippen molar-refractivity contribution >= 4 is 28.6 Å². The molecule has 138 valence electrons. The standard InChI is InChI=1S/C21H20N2O4/c1-25-15-8-6-14(19(13-15)27-3)7-11-20(24)23-17-9-10-18(26-2)21-16(17)5-4-12-22-21/h4-13H,1-3H3,(H,23,24)/b11-7+. The third kappa shape index (κ3) is 4.00. The normalized spacial score (nSPS) is 10.8. The molecule has 27 heavy (non-hydrogen) atoms. The van der Waals surface area contributed by atoms with E-state index in [1.54, 1.807) is 51.8 Å². The van der Waals surface area contributed by atoms with Crippen LogP contribution in [0.2, 0.25) is 0 Å². The van der Waals surface area contributed by atoms with Gasteiger partial charge < -0.3 is 19.5 Å². The minimum atomic E-state index is -0.261. The summed E-state index contributed by atoms with van der Waals surface area (Å²) in [4.78, 5) is 16.7. The number of pyridine rings is 1. The van der Waals surface area contributed by atoms with Gasteiger partial charge in [0.25, 0.3) is 0 Å². The van der Waals surface area contributed by atoms with Crippen LogP contribution in [0.15, 0.2) is 54.7 Å². The second-order valence-corrected chi connectivity index (χ2v) is 5.65. The van der Waals surface area contributed by atoms with Crippen molar-refractivity contribution in [3.63, 3.8) is 0 Å². The van der Waals surface area contributed by atoms with Crippen LogP contribution in [0.25, 0.3) is 17.0 Å². The Bertz CT molecular complexity index is 999. The number of amides is 1. The highest BCUT2D eigenvalue weighted by atomic mass is 16.5. The maximum absolute atomic E-state index is 12.4. The number of fused-ring (bicyclic) bond motifs is 1. The summed E-state index contributed by atoms with van der Waals surface area (Å²) in [7, 11) is 4.75. The lowest BCUT2D eigenvalue weighted by Crippen LogP contribution is -2.08. The molecular formula is C21H20N2O4. The molecule has 0 aliphatic rings. The van der Waals surface area contributed by atoms with E-state index in [1.807, 2.05) is 24.3 Å². The van der Waals surface area contributed by atoms with Gasteiger partial charge in [-0.15, -0.1) is 0 Å². The first-order chi connectivity index (χ1) is 13.2. The average Bonchev–Trinajstić information content (AvgIpc) is 2.72. The van der Waals surface area contributed by atoms with Crippen molar-refractivity contribution in [2.24, 2.45) is 0 Å². The van der Waals surface area contributed by atoms with Gasteiger partial charge >= 0.3 is 0 Å². The number of benzene rings is 2. The SMILES string of the molecule is COc1ccc(/C=C/C(=O)Nc2ccc(OC)c3ncccc23)c(OC)c1. The van der Waals surface area contributed by atoms with Crippen LogP contribution in [0.1, 0.15) is 5.56 Å². The Balaban J connectivity index is 1.83. The van der Waals surface area contributed by atoms with E-state index in [-0.39, 0.29) is 5.91 Å². The van der Waals surface area contributed by atoms with Crippen LogP contribution in [0.3, 0.4) is 0 Å². The van der Waals surface area contributed by atoms with Crippen LogP contribution in [-0.4, -0.2) is 32.2 Å². The van der Waals surface area contributed by atoms with Gasteiger partial charge in [-0.2, -0.15) is 0 Å². The predicted octanol–water partition coefficient (Wildman–Crippen LogP) is 3.91.